The zero-order valence-corrected chi connectivity index (χ0v) is 10.9. The predicted octanol–water partition coefficient (Wildman–Crippen LogP) is 2.54. The first kappa shape index (κ1) is 13.7. The van der Waals surface area contributed by atoms with Crippen molar-refractivity contribution in [2.24, 2.45) is 5.92 Å². The van der Waals surface area contributed by atoms with E-state index < -0.39 is 6.10 Å². The summed E-state index contributed by atoms with van der Waals surface area (Å²) < 4.78 is 4.66. The van der Waals surface area contributed by atoms with Crippen LogP contribution in [-0.2, 0) is 9.53 Å². The summed E-state index contributed by atoms with van der Waals surface area (Å²) in [6.07, 6.45) is -0.233. The quantitative estimate of drug-likeness (QED) is 0.817. The van der Waals surface area contributed by atoms with Crippen LogP contribution < -0.4 is 0 Å². The van der Waals surface area contributed by atoms with Crippen molar-refractivity contribution in [1.29, 1.82) is 0 Å². The van der Waals surface area contributed by atoms with E-state index >= 15 is 0 Å². The smallest absolute Gasteiger partial charge is 0.308 e. The number of carbonyl (C=O) groups excluding carboxylic acids is 1. The number of ether oxygens (including phenoxy) is 1. The van der Waals surface area contributed by atoms with Gasteiger partial charge in [0.2, 0.25) is 0 Å². The Morgan fingerprint density at radius 1 is 1.35 bits per heavy atom. The number of hydrogen-bond donors (Lipinski definition) is 1. The van der Waals surface area contributed by atoms with Gasteiger partial charge in [-0.25, -0.2) is 0 Å². The van der Waals surface area contributed by atoms with Crippen molar-refractivity contribution < 1.29 is 14.6 Å². The van der Waals surface area contributed by atoms with E-state index in [2.05, 4.69) is 4.74 Å². The predicted molar refractivity (Wildman–Crippen MR) is 66.7 cm³/mol. The minimum atomic E-state index is -0.620. The second kappa shape index (κ2) is 5.82. The summed E-state index contributed by atoms with van der Waals surface area (Å²) >= 11 is 0. The second-order valence-corrected chi connectivity index (χ2v) is 4.48. The van der Waals surface area contributed by atoms with Crippen molar-refractivity contribution in [3.05, 3.63) is 34.9 Å². The van der Waals surface area contributed by atoms with Gasteiger partial charge in [-0.05, 0) is 37.0 Å². The highest BCUT2D eigenvalue weighted by Crippen LogP contribution is 2.27. The van der Waals surface area contributed by atoms with Gasteiger partial charge in [0.25, 0.3) is 0 Å². The summed E-state index contributed by atoms with van der Waals surface area (Å²) in [5, 5.41) is 10.2. The van der Waals surface area contributed by atoms with Crippen LogP contribution in [-0.4, -0.2) is 18.2 Å². The van der Waals surface area contributed by atoms with Crippen molar-refractivity contribution >= 4 is 5.97 Å². The molecule has 17 heavy (non-hydrogen) atoms. The molecular formula is C14H20O3. The van der Waals surface area contributed by atoms with Gasteiger partial charge in [-0.2, -0.15) is 0 Å². The zero-order chi connectivity index (χ0) is 13.0. The maximum atomic E-state index is 11.3. The van der Waals surface area contributed by atoms with E-state index in [0.717, 1.165) is 16.7 Å². The Balaban J connectivity index is 2.83. The number of esters is 1. The number of rotatable bonds is 4. The molecule has 0 fully saturated rings. The number of aliphatic hydroxyl groups is 1. The molecule has 1 rings (SSSR count). The van der Waals surface area contributed by atoms with E-state index in [1.165, 1.54) is 7.11 Å². The Kier molecular flexibility index (Phi) is 4.70. The molecule has 0 spiro atoms. The molecule has 0 saturated heterocycles. The van der Waals surface area contributed by atoms with Crippen LogP contribution in [0.2, 0.25) is 0 Å². The highest BCUT2D eigenvalue weighted by molar-refractivity contribution is 5.71. The summed E-state index contributed by atoms with van der Waals surface area (Å²) in [5.74, 6) is -0.579. The van der Waals surface area contributed by atoms with Crippen LogP contribution in [0.5, 0.6) is 0 Å². The third kappa shape index (κ3) is 3.30. The standard InChI is InChI=1S/C14H20O3/c1-9-6-5-7-10(2)13(9)12(15)8-11(3)14(16)17-4/h5-7,11-12,15H,8H2,1-4H3. The van der Waals surface area contributed by atoms with E-state index in [1.54, 1.807) is 6.92 Å². The van der Waals surface area contributed by atoms with Gasteiger partial charge >= 0.3 is 5.97 Å². The summed E-state index contributed by atoms with van der Waals surface area (Å²) in [4.78, 5) is 11.3. The van der Waals surface area contributed by atoms with E-state index in [-0.39, 0.29) is 11.9 Å². The highest BCUT2D eigenvalue weighted by atomic mass is 16.5. The first-order valence-corrected chi connectivity index (χ1v) is 5.79. The topological polar surface area (TPSA) is 46.5 Å². The number of methoxy groups -OCH3 is 1. The summed E-state index contributed by atoms with van der Waals surface area (Å²) in [6.45, 7) is 5.70. The average Bonchev–Trinajstić information content (AvgIpc) is 2.27. The lowest BCUT2D eigenvalue weighted by atomic mass is 9.92. The fourth-order valence-corrected chi connectivity index (χ4v) is 2.10. The van der Waals surface area contributed by atoms with Gasteiger partial charge in [-0.1, -0.05) is 25.1 Å². The van der Waals surface area contributed by atoms with Crippen LogP contribution in [0.25, 0.3) is 0 Å². The van der Waals surface area contributed by atoms with Crippen molar-refractivity contribution in [1.82, 2.24) is 0 Å². The average molecular weight is 236 g/mol. The number of benzene rings is 1. The van der Waals surface area contributed by atoms with Gasteiger partial charge in [0.1, 0.15) is 0 Å². The van der Waals surface area contributed by atoms with Gasteiger partial charge in [0.15, 0.2) is 0 Å². The lowest BCUT2D eigenvalue weighted by Gasteiger charge is -2.19. The van der Waals surface area contributed by atoms with Crippen molar-refractivity contribution in [3.63, 3.8) is 0 Å². The fraction of sp³-hybridized carbons (Fsp3) is 0.500. The Bertz CT molecular complexity index is 378. The monoisotopic (exact) mass is 236 g/mol. The number of aryl methyl sites for hydroxylation is 2. The summed E-state index contributed by atoms with van der Waals surface area (Å²) in [5.41, 5.74) is 3.02. The summed E-state index contributed by atoms with van der Waals surface area (Å²) in [7, 11) is 1.37. The molecule has 0 saturated carbocycles. The molecule has 0 amide bonds. The minimum absolute atomic E-state index is 0.282. The molecule has 1 N–H and O–H groups in total. The molecule has 3 heteroatoms. The molecule has 94 valence electrons. The third-order valence-corrected chi connectivity index (χ3v) is 3.06. The summed E-state index contributed by atoms with van der Waals surface area (Å²) in [6, 6.07) is 5.90. The van der Waals surface area contributed by atoms with Crippen molar-refractivity contribution in [2.75, 3.05) is 7.11 Å². The number of carbonyl (C=O) groups is 1. The minimum Gasteiger partial charge on any atom is -0.469 e. The molecule has 0 aliphatic carbocycles. The lowest BCUT2D eigenvalue weighted by molar-refractivity contribution is -0.145. The Labute approximate surface area is 102 Å². The zero-order valence-electron chi connectivity index (χ0n) is 10.9. The Morgan fingerprint density at radius 2 is 1.88 bits per heavy atom. The van der Waals surface area contributed by atoms with E-state index in [1.807, 2.05) is 32.0 Å². The largest absolute Gasteiger partial charge is 0.469 e. The van der Waals surface area contributed by atoms with Gasteiger partial charge in [-0.3, -0.25) is 4.79 Å². The van der Waals surface area contributed by atoms with Crippen LogP contribution in [0.3, 0.4) is 0 Å². The van der Waals surface area contributed by atoms with Crippen LogP contribution in [0.4, 0.5) is 0 Å². The van der Waals surface area contributed by atoms with Crippen LogP contribution >= 0.6 is 0 Å². The normalized spacial score (nSPS) is 14.2. The lowest BCUT2D eigenvalue weighted by Crippen LogP contribution is -2.16. The molecule has 0 aromatic heterocycles. The molecule has 0 bridgehead atoms. The third-order valence-electron chi connectivity index (χ3n) is 3.06. The molecule has 0 aliphatic rings. The fourth-order valence-electron chi connectivity index (χ4n) is 2.10. The maximum Gasteiger partial charge on any atom is 0.308 e. The van der Waals surface area contributed by atoms with Gasteiger partial charge in [0, 0.05) is 0 Å². The maximum absolute atomic E-state index is 11.3. The molecule has 1 aromatic rings. The molecule has 0 heterocycles. The van der Waals surface area contributed by atoms with Crippen molar-refractivity contribution in [3.8, 4) is 0 Å². The SMILES string of the molecule is COC(=O)C(C)CC(O)c1c(C)cccc1C. The second-order valence-electron chi connectivity index (χ2n) is 4.48. The van der Waals surface area contributed by atoms with E-state index in [9.17, 15) is 9.90 Å². The Hall–Kier alpha value is -1.35. The molecular weight excluding hydrogens is 216 g/mol. The Morgan fingerprint density at radius 3 is 2.35 bits per heavy atom. The molecule has 1 aromatic carbocycles. The molecule has 0 aliphatic heterocycles. The molecule has 2 atom stereocenters. The highest BCUT2D eigenvalue weighted by Gasteiger charge is 2.21. The van der Waals surface area contributed by atoms with Gasteiger partial charge in [-0.15, -0.1) is 0 Å². The molecule has 0 radical (unpaired) electrons. The molecule has 2 unspecified atom stereocenters. The first-order valence-electron chi connectivity index (χ1n) is 5.79. The van der Waals surface area contributed by atoms with Crippen molar-refractivity contribution in [2.45, 2.75) is 33.3 Å². The van der Waals surface area contributed by atoms with E-state index in [4.69, 9.17) is 0 Å². The van der Waals surface area contributed by atoms with Gasteiger partial charge in [0.05, 0.1) is 19.1 Å². The van der Waals surface area contributed by atoms with Gasteiger partial charge < -0.3 is 9.84 Å². The van der Waals surface area contributed by atoms with Crippen LogP contribution in [0.15, 0.2) is 18.2 Å². The molecule has 3 nitrogen and oxygen atoms in total. The van der Waals surface area contributed by atoms with Crippen LogP contribution in [0, 0.1) is 19.8 Å². The number of hydrogen-bond acceptors (Lipinski definition) is 3. The van der Waals surface area contributed by atoms with Crippen LogP contribution in [0.1, 0.15) is 36.1 Å². The number of aliphatic hydroxyl groups excluding tert-OH is 1. The first-order chi connectivity index (χ1) is 7.97. The van der Waals surface area contributed by atoms with E-state index in [0.29, 0.717) is 6.42 Å².